The van der Waals surface area contributed by atoms with Gasteiger partial charge in [0, 0.05) is 68.2 Å². The van der Waals surface area contributed by atoms with Crippen molar-refractivity contribution >= 4 is 21.8 Å². The van der Waals surface area contributed by atoms with Gasteiger partial charge in [0.15, 0.2) is 0 Å². The average molecular weight is 488 g/mol. The summed E-state index contributed by atoms with van der Waals surface area (Å²) in [6.07, 6.45) is -0.502. The van der Waals surface area contributed by atoms with E-state index in [1.165, 1.54) is 21.9 Å². The van der Waals surface area contributed by atoms with Crippen LogP contribution in [-0.4, -0.2) is 78.7 Å². The molecule has 1 aromatic heterocycles. The van der Waals surface area contributed by atoms with E-state index in [0.29, 0.717) is 19.7 Å². The van der Waals surface area contributed by atoms with Crippen LogP contribution in [0.25, 0.3) is 21.8 Å². The van der Waals surface area contributed by atoms with Gasteiger partial charge in [-0.05, 0) is 23.3 Å². The minimum Gasteiger partial charge on any atom is -0.390 e. The molecule has 1 saturated heterocycles. The van der Waals surface area contributed by atoms with Crippen LogP contribution in [0.15, 0.2) is 72.8 Å². The molecule has 6 heteroatoms. The van der Waals surface area contributed by atoms with Crippen molar-refractivity contribution in [2.45, 2.75) is 25.7 Å². The Morgan fingerprint density at radius 1 is 0.917 bits per heavy atom. The molecule has 1 fully saturated rings. The van der Waals surface area contributed by atoms with Gasteiger partial charge in [0.25, 0.3) is 0 Å². The minimum atomic E-state index is -0.502. The Hall–Kier alpha value is -2.74. The number of benzene rings is 3. The SMILES string of the molecule is COCCN(Cc1cccc(CN2CCOCC2)c1)C[C@@H](O)Cn1c2ccccc2c2ccccc21. The minimum absolute atomic E-state index is 0.502. The predicted octanol–water partition coefficient (Wildman–Crippen LogP) is 4.14. The lowest BCUT2D eigenvalue weighted by Crippen LogP contribution is -2.36. The van der Waals surface area contributed by atoms with Gasteiger partial charge in [-0.2, -0.15) is 0 Å². The first kappa shape index (κ1) is 24.9. The number of aliphatic hydroxyl groups is 1. The molecule has 0 unspecified atom stereocenters. The van der Waals surface area contributed by atoms with E-state index in [4.69, 9.17) is 9.47 Å². The van der Waals surface area contributed by atoms with E-state index in [-0.39, 0.29) is 0 Å². The Morgan fingerprint density at radius 2 is 1.58 bits per heavy atom. The van der Waals surface area contributed by atoms with Crippen LogP contribution in [0.4, 0.5) is 0 Å². The highest BCUT2D eigenvalue weighted by Gasteiger charge is 2.17. The molecule has 0 radical (unpaired) electrons. The first-order chi connectivity index (χ1) is 17.7. The Labute approximate surface area is 213 Å². The molecule has 0 spiro atoms. The highest BCUT2D eigenvalue weighted by atomic mass is 16.5. The average Bonchev–Trinajstić information content (AvgIpc) is 3.22. The molecule has 0 saturated carbocycles. The molecule has 0 amide bonds. The molecular weight excluding hydrogens is 450 g/mol. The fraction of sp³-hybridized carbons (Fsp3) is 0.400. The van der Waals surface area contributed by atoms with Crippen molar-refractivity contribution in [1.29, 1.82) is 0 Å². The summed E-state index contributed by atoms with van der Waals surface area (Å²) in [4.78, 5) is 4.75. The van der Waals surface area contributed by atoms with Gasteiger partial charge in [-0.15, -0.1) is 0 Å². The maximum atomic E-state index is 11.2. The summed E-state index contributed by atoms with van der Waals surface area (Å²) in [5.41, 5.74) is 4.92. The zero-order valence-electron chi connectivity index (χ0n) is 21.2. The number of rotatable bonds is 11. The fourth-order valence-corrected chi connectivity index (χ4v) is 5.32. The normalized spacial score (nSPS) is 15.8. The molecule has 6 nitrogen and oxygen atoms in total. The molecule has 5 rings (SSSR count). The molecule has 1 atom stereocenters. The van der Waals surface area contributed by atoms with Crippen molar-refractivity contribution < 1.29 is 14.6 Å². The lowest BCUT2D eigenvalue weighted by Gasteiger charge is -2.27. The van der Waals surface area contributed by atoms with Crippen LogP contribution in [0.5, 0.6) is 0 Å². The number of nitrogens with zero attached hydrogens (tertiary/aromatic N) is 3. The van der Waals surface area contributed by atoms with Gasteiger partial charge >= 0.3 is 0 Å². The maximum Gasteiger partial charge on any atom is 0.0846 e. The summed E-state index contributed by atoms with van der Waals surface area (Å²) < 4.78 is 13.1. The summed E-state index contributed by atoms with van der Waals surface area (Å²) >= 11 is 0. The van der Waals surface area contributed by atoms with Gasteiger partial charge in [-0.1, -0.05) is 60.7 Å². The number of fused-ring (bicyclic) bond motifs is 3. The zero-order valence-corrected chi connectivity index (χ0v) is 21.2. The number of ether oxygens (including phenoxy) is 2. The van der Waals surface area contributed by atoms with E-state index in [9.17, 15) is 5.11 Å². The molecule has 3 aromatic carbocycles. The van der Waals surface area contributed by atoms with Crippen molar-refractivity contribution in [3.8, 4) is 0 Å². The van der Waals surface area contributed by atoms with Gasteiger partial charge in [0.05, 0.1) is 32.5 Å². The highest BCUT2D eigenvalue weighted by molar-refractivity contribution is 6.07. The Balaban J connectivity index is 1.29. The van der Waals surface area contributed by atoms with Crippen LogP contribution in [0.2, 0.25) is 0 Å². The third-order valence-electron chi connectivity index (χ3n) is 7.06. The summed E-state index contributed by atoms with van der Waals surface area (Å²) in [5.74, 6) is 0. The van der Waals surface area contributed by atoms with Crippen molar-refractivity contribution in [2.75, 3.05) is 53.1 Å². The van der Waals surface area contributed by atoms with Crippen LogP contribution < -0.4 is 0 Å². The van der Waals surface area contributed by atoms with Gasteiger partial charge in [-0.3, -0.25) is 9.80 Å². The quantitative estimate of drug-likeness (QED) is 0.345. The van der Waals surface area contributed by atoms with Gasteiger partial charge < -0.3 is 19.1 Å². The van der Waals surface area contributed by atoms with Crippen molar-refractivity contribution in [2.24, 2.45) is 0 Å². The standard InChI is InChI=1S/C30H37N3O3/c1-35-16-13-32(21-25-8-6-7-24(19-25)20-31-14-17-36-18-15-31)22-26(34)23-33-29-11-4-2-9-27(29)28-10-3-5-12-30(28)33/h2-12,19,26,34H,13-18,20-23H2,1H3/t26-/m1/s1. The molecule has 1 N–H and O–H groups in total. The van der Waals surface area contributed by atoms with Crippen molar-refractivity contribution in [1.82, 2.24) is 14.4 Å². The highest BCUT2D eigenvalue weighted by Crippen LogP contribution is 2.29. The molecular formula is C30H37N3O3. The summed E-state index contributed by atoms with van der Waals surface area (Å²) in [6.45, 7) is 7.87. The summed E-state index contributed by atoms with van der Waals surface area (Å²) in [7, 11) is 1.73. The number of hydrogen-bond donors (Lipinski definition) is 1. The second kappa shape index (κ2) is 12.0. The summed E-state index contributed by atoms with van der Waals surface area (Å²) in [6, 6.07) is 25.7. The molecule has 2 heterocycles. The molecule has 1 aliphatic rings. The largest absolute Gasteiger partial charge is 0.390 e. The van der Waals surface area contributed by atoms with Gasteiger partial charge in [0.2, 0.25) is 0 Å². The molecule has 0 bridgehead atoms. The topological polar surface area (TPSA) is 50.1 Å². The molecule has 1 aliphatic heterocycles. The lowest BCUT2D eigenvalue weighted by atomic mass is 10.1. The number of hydrogen-bond acceptors (Lipinski definition) is 5. The van der Waals surface area contributed by atoms with Gasteiger partial charge in [-0.25, -0.2) is 0 Å². The van der Waals surface area contributed by atoms with E-state index in [1.807, 2.05) is 0 Å². The molecule has 190 valence electrons. The lowest BCUT2D eigenvalue weighted by molar-refractivity contribution is 0.0341. The number of morpholine rings is 1. The zero-order chi connectivity index (χ0) is 24.7. The third kappa shape index (κ3) is 5.97. The number of para-hydroxylation sites is 2. The second-order valence-electron chi connectivity index (χ2n) is 9.74. The van der Waals surface area contributed by atoms with Crippen LogP contribution in [0.3, 0.4) is 0 Å². The molecule has 0 aliphatic carbocycles. The van der Waals surface area contributed by atoms with Crippen molar-refractivity contribution in [3.05, 3.63) is 83.9 Å². The monoisotopic (exact) mass is 487 g/mol. The number of aliphatic hydroxyl groups excluding tert-OH is 1. The number of aromatic nitrogens is 1. The number of methoxy groups -OCH3 is 1. The molecule has 36 heavy (non-hydrogen) atoms. The first-order valence-electron chi connectivity index (χ1n) is 12.9. The van der Waals surface area contributed by atoms with E-state index in [2.05, 4.69) is 87.2 Å². The molecule has 4 aromatic rings. The second-order valence-corrected chi connectivity index (χ2v) is 9.74. The summed E-state index contributed by atoms with van der Waals surface area (Å²) in [5, 5.41) is 13.7. The van der Waals surface area contributed by atoms with E-state index >= 15 is 0 Å². The van der Waals surface area contributed by atoms with Gasteiger partial charge in [0.1, 0.15) is 0 Å². The third-order valence-corrected chi connectivity index (χ3v) is 7.06. The maximum absolute atomic E-state index is 11.2. The van der Waals surface area contributed by atoms with E-state index < -0.39 is 6.10 Å². The van der Waals surface area contributed by atoms with Crippen LogP contribution in [0, 0.1) is 0 Å². The Bertz CT molecular complexity index is 1210. The van der Waals surface area contributed by atoms with Crippen LogP contribution in [0.1, 0.15) is 11.1 Å². The van der Waals surface area contributed by atoms with E-state index in [1.54, 1.807) is 7.11 Å². The van der Waals surface area contributed by atoms with Crippen LogP contribution >= 0.6 is 0 Å². The predicted molar refractivity (Wildman–Crippen MR) is 145 cm³/mol. The fourth-order valence-electron chi connectivity index (χ4n) is 5.32. The Kier molecular flexibility index (Phi) is 8.31. The smallest absolute Gasteiger partial charge is 0.0846 e. The first-order valence-corrected chi connectivity index (χ1v) is 12.9. The van der Waals surface area contributed by atoms with Crippen molar-refractivity contribution in [3.63, 3.8) is 0 Å². The van der Waals surface area contributed by atoms with Crippen LogP contribution in [-0.2, 0) is 29.1 Å². The van der Waals surface area contributed by atoms with E-state index in [0.717, 1.165) is 57.0 Å². The Morgan fingerprint density at radius 3 is 2.28 bits per heavy atom.